The summed E-state index contributed by atoms with van der Waals surface area (Å²) < 4.78 is 31.4. The summed E-state index contributed by atoms with van der Waals surface area (Å²) in [6, 6.07) is 5.48. The number of nitrogen functional groups attached to an aromatic ring is 1. The number of morpholine rings is 1. The lowest BCUT2D eigenvalue weighted by Gasteiger charge is -2.37. The number of carbonyl (C=O) groups is 2. The molecule has 5 rings (SSSR count). The van der Waals surface area contributed by atoms with Crippen molar-refractivity contribution in [1.29, 1.82) is 0 Å². The number of rotatable bonds is 6. The van der Waals surface area contributed by atoms with Crippen molar-refractivity contribution in [2.24, 2.45) is 0 Å². The minimum atomic E-state index is -2.33. The van der Waals surface area contributed by atoms with Crippen LogP contribution in [-0.4, -0.2) is 74.0 Å². The van der Waals surface area contributed by atoms with Gasteiger partial charge in [0.15, 0.2) is 28.9 Å². The zero-order valence-corrected chi connectivity index (χ0v) is 19.6. The number of benzene rings is 1. The zero-order chi connectivity index (χ0) is 26.3. The lowest BCUT2D eigenvalue weighted by molar-refractivity contribution is -0.165. The summed E-state index contributed by atoms with van der Waals surface area (Å²) >= 11 is 0. The number of amides is 2. The van der Waals surface area contributed by atoms with Crippen LogP contribution in [0.3, 0.4) is 0 Å². The van der Waals surface area contributed by atoms with Gasteiger partial charge in [-0.25, -0.2) is 9.07 Å². The zero-order valence-electron chi connectivity index (χ0n) is 19.6. The van der Waals surface area contributed by atoms with Gasteiger partial charge in [0.2, 0.25) is 5.88 Å². The standard InChI is InChI=1S/C22H21FN8O6/c1-22(34,21(33)26-11-7-13(23)17-14(8-11)37-29-19(17)24)18-20(32)30(5-6-36-18)15-3-4-31(28-15)12-9-16(35-2)27-25-10-12/h3-4,7-10,18,34H,5-6H2,1-2H3,(H2,24,29)(H,26,33)/t18-,22?/m0/s1. The van der Waals surface area contributed by atoms with Crippen LogP contribution in [0, 0.1) is 5.82 Å². The van der Waals surface area contributed by atoms with Gasteiger partial charge in [0, 0.05) is 30.1 Å². The minimum Gasteiger partial charge on any atom is -0.480 e. The van der Waals surface area contributed by atoms with Crippen LogP contribution in [0.5, 0.6) is 5.88 Å². The van der Waals surface area contributed by atoms with E-state index in [4.69, 9.17) is 19.7 Å². The Morgan fingerprint density at radius 3 is 2.97 bits per heavy atom. The van der Waals surface area contributed by atoms with E-state index in [9.17, 15) is 19.1 Å². The largest absolute Gasteiger partial charge is 0.480 e. The SMILES string of the molecule is COc1cc(-n2ccc(N3CCO[C@H](C(C)(O)C(=O)Nc4cc(F)c5c(N)noc5c4)C3=O)n2)cnn1. The van der Waals surface area contributed by atoms with Crippen molar-refractivity contribution in [3.63, 3.8) is 0 Å². The number of aliphatic hydroxyl groups is 1. The minimum absolute atomic E-state index is 0.00112. The van der Waals surface area contributed by atoms with Crippen LogP contribution in [0.25, 0.3) is 16.7 Å². The topological polar surface area (TPSA) is 184 Å². The van der Waals surface area contributed by atoms with Gasteiger partial charge in [-0.3, -0.25) is 14.5 Å². The molecule has 0 aliphatic carbocycles. The number of fused-ring (bicyclic) bond motifs is 1. The fourth-order valence-electron chi connectivity index (χ4n) is 3.87. The predicted octanol–water partition coefficient (Wildman–Crippen LogP) is 0.655. The molecule has 4 heterocycles. The van der Waals surface area contributed by atoms with Crippen molar-refractivity contribution >= 4 is 40.1 Å². The summed E-state index contributed by atoms with van der Waals surface area (Å²) in [5.74, 6) is -2.06. The Balaban J connectivity index is 1.35. The van der Waals surface area contributed by atoms with Gasteiger partial charge in [-0.2, -0.15) is 5.10 Å². The molecule has 0 saturated carbocycles. The number of carbonyl (C=O) groups excluding carboxylic acids is 2. The Morgan fingerprint density at radius 2 is 2.19 bits per heavy atom. The molecule has 2 atom stereocenters. The molecule has 1 aromatic carbocycles. The molecule has 192 valence electrons. The Hall–Kier alpha value is -4.63. The quantitative estimate of drug-likeness (QED) is 0.330. The van der Waals surface area contributed by atoms with E-state index in [2.05, 4.69) is 25.8 Å². The first-order chi connectivity index (χ1) is 17.7. The summed E-state index contributed by atoms with van der Waals surface area (Å²) in [6.07, 6.45) is 1.50. The van der Waals surface area contributed by atoms with Crippen molar-refractivity contribution in [2.45, 2.75) is 18.6 Å². The molecule has 37 heavy (non-hydrogen) atoms. The molecular formula is C22H21FN8O6. The lowest BCUT2D eigenvalue weighted by Crippen LogP contribution is -2.61. The fraction of sp³-hybridized carbons (Fsp3) is 0.273. The van der Waals surface area contributed by atoms with Crippen LogP contribution in [-0.2, 0) is 14.3 Å². The van der Waals surface area contributed by atoms with E-state index in [1.165, 1.54) is 29.0 Å². The summed E-state index contributed by atoms with van der Waals surface area (Å²) in [6.45, 7) is 1.29. The molecule has 0 radical (unpaired) electrons. The van der Waals surface area contributed by atoms with Gasteiger partial charge in [0.25, 0.3) is 11.8 Å². The van der Waals surface area contributed by atoms with E-state index < -0.39 is 29.3 Å². The number of methoxy groups -OCH3 is 1. The molecule has 3 aromatic heterocycles. The van der Waals surface area contributed by atoms with E-state index in [1.54, 1.807) is 18.3 Å². The number of nitrogens with two attached hydrogens (primary N) is 1. The summed E-state index contributed by atoms with van der Waals surface area (Å²) in [7, 11) is 1.45. The highest BCUT2D eigenvalue weighted by Crippen LogP contribution is 2.29. The van der Waals surface area contributed by atoms with Crippen molar-refractivity contribution in [2.75, 3.05) is 36.2 Å². The lowest BCUT2D eigenvalue weighted by atomic mass is 9.95. The maximum atomic E-state index is 14.4. The first kappa shape index (κ1) is 24.1. The molecule has 1 aliphatic heterocycles. The number of hydrogen-bond donors (Lipinski definition) is 3. The molecule has 0 bridgehead atoms. The molecule has 1 aliphatic rings. The molecular weight excluding hydrogens is 491 g/mol. The van der Waals surface area contributed by atoms with E-state index in [0.29, 0.717) is 5.69 Å². The van der Waals surface area contributed by atoms with Crippen molar-refractivity contribution in [3.05, 3.63) is 42.5 Å². The average Bonchev–Trinajstić information content (AvgIpc) is 3.51. The molecule has 1 fully saturated rings. The van der Waals surface area contributed by atoms with Gasteiger partial charge in [0.05, 0.1) is 32.1 Å². The number of aromatic nitrogens is 5. The first-order valence-corrected chi connectivity index (χ1v) is 10.9. The molecule has 14 nitrogen and oxygen atoms in total. The van der Waals surface area contributed by atoms with Gasteiger partial charge >= 0.3 is 0 Å². The van der Waals surface area contributed by atoms with Gasteiger partial charge < -0.3 is 30.2 Å². The number of halogens is 1. The third kappa shape index (κ3) is 4.30. The molecule has 0 spiro atoms. The van der Waals surface area contributed by atoms with Crippen LogP contribution in [0.15, 0.2) is 41.2 Å². The number of nitrogens with zero attached hydrogens (tertiary/aromatic N) is 6. The summed E-state index contributed by atoms with van der Waals surface area (Å²) in [5.41, 5.74) is 3.75. The van der Waals surface area contributed by atoms with E-state index in [1.807, 2.05) is 0 Å². The maximum Gasteiger partial charge on any atom is 0.260 e. The third-order valence-electron chi connectivity index (χ3n) is 5.81. The Labute approximate surface area is 207 Å². The van der Waals surface area contributed by atoms with Crippen LogP contribution >= 0.6 is 0 Å². The predicted molar refractivity (Wildman–Crippen MR) is 125 cm³/mol. The van der Waals surface area contributed by atoms with Crippen LogP contribution in [0.4, 0.5) is 21.7 Å². The Morgan fingerprint density at radius 1 is 1.38 bits per heavy atom. The van der Waals surface area contributed by atoms with Crippen LogP contribution < -0.4 is 20.7 Å². The summed E-state index contributed by atoms with van der Waals surface area (Å²) in [4.78, 5) is 27.5. The van der Waals surface area contributed by atoms with Crippen LogP contribution in [0.1, 0.15) is 6.92 Å². The van der Waals surface area contributed by atoms with Gasteiger partial charge in [0.1, 0.15) is 11.2 Å². The first-order valence-electron chi connectivity index (χ1n) is 10.9. The summed E-state index contributed by atoms with van der Waals surface area (Å²) in [5, 5.41) is 28.9. The van der Waals surface area contributed by atoms with Crippen molar-refractivity contribution in [3.8, 4) is 11.6 Å². The number of nitrogens with one attached hydrogen (secondary N) is 1. The molecule has 4 N–H and O–H groups in total. The second kappa shape index (κ2) is 9.11. The van der Waals surface area contributed by atoms with Crippen molar-refractivity contribution < 1.29 is 33.1 Å². The van der Waals surface area contributed by atoms with E-state index in [-0.39, 0.29) is 47.3 Å². The number of ether oxygens (including phenoxy) is 2. The highest BCUT2D eigenvalue weighted by atomic mass is 19.1. The highest BCUT2D eigenvalue weighted by molar-refractivity contribution is 6.06. The normalized spacial score (nSPS) is 17.6. The third-order valence-corrected chi connectivity index (χ3v) is 5.81. The Bertz CT molecular complexity index is 1500. The monoisotopic (exact) mass is 512 g/mol. The second-order valence-corrected chi connectivity index (χ2v) is 8.32. The van der Waals surface area contributed by atoms with Crippen molar-refractivity contribution in [1.82, 2.24) is 25.1 Å². The molecule has 2 amide bonds. The molecule has 1 unspecified atom stereocenters. The average molecular weight is 512 g/mol. The van der Waals surface area contributed by atoms with Gasteiger partial charge in [-0.05, 0) is 13.0 Å². The number of hydrogen-bond acceptors (Lipinski definition) is 11. The smallest absolute Gasteiger partial charge is 0.260 e. The number of anilines is 3. The molecule has 4 aromatic rings. The second-order valence-electron chi connectivity index (χ2n) is 8.32. The Kier molecular flexibility index (Phi) is 5.93. The van der Waals surface area contributed by atoms with E-state index >= 15 is 0 Å². The molecule has 1 saturated heterocycles. The van der Waals surface area contributed by atoms with Crippen LogP contribution in [0.2, 0.25) is 0 Å². The highest BCUT2D eigenvalue weighted by Gasteiger charge is 2.49. The maximum absolute atomic E-state index is 14.4. The molecule has 15 heteroatoms. The van der Waals surface area contributed by atoms with E-state index in [0.717, 1.165) is 13.0 Å². The fourth-order valence-corrected chi connectivity index (χ4v) is 3.87. The van der Waals surface area contributed by atoms with Gasteiger partial charge in [-0.1, -0.05) is 5.16 Å². The van der Waals surface area contributed by atoms with Gasteiger partial charge in [-0.15, -0.1) is 10.2 Å².